The van der Waals surface area contributed by atoms with Gasteiger partial charge in [0.05, 0.1) is 0 Å². The first-order valence-corrected chi connectivity index (χ1v) is 6.42. The highest BCUT2D eigenvalue weighted by molar-refractivity contribution is 5.80. The van der Waals surface area contributed by atoms with Crippen LogP contribution in [0.2, 0.25) is 0 Å². The van der Waals surface area contributed by atoms with Crippen LogP contribution in [0.3, 0.4) is 0 Å². The maximum Gasteiger partial charge on any atom is 0.133 e. The van der Waals surface area contributed by atoms with E-state index in [4.69, 9.17) is 0 Å². The monoisotopic (exact) mass is 208 g/mol. The third-order valence-electron chi connectivity index (χ3n) is 3.32. The van der Waals surface area contributed by atoms with Crippen molar-refractivity contribution in [3.8, 4) is 0 Å². The minimum Gasteiger partial charge on any atom is -0.300 e. The summed E-state index contributed by atoms with van der Waals surface area (Å²) >= 11 is 0. The van der Waals surface area contributed by atoms with Gasteiger partial charge >= 0.3 is 0 Å². The summed E-state index contributed by atoms with van der Waals surface area (Å²) in [5.74, 6) is 1.31. The zero-order valence-electron chi connectivity index (χ0n) is 10.2. The molecule has 0 spiro atoms. The lowest BCUT2D eigenvalue weighted by molar-refractivity contribution is -0.119. The first-order chi connectivity index (χ1) is 7.22. The average molecular weight is 208 g/mol. The zero-order valence-corrected chi connectivity index (χ0v) is 10.2. The number of Topliss-reactive ketones (excluding diaryl/α,β-unsaturated/α-hetero) is 1. The van der Waals surface area contributed by atoms with Crippen LogP contribution >= 0.6 is 0 Å². The molecule has 1 fully saturated rings. The van der Waals surface area contributed by atoms with Crippen molar-refractivity contribution in [3.05, 3.63) is 11.6 Å². The molecule has 0 amide bonds. The van der Waals surface area contributed by atoms with Gasteiger partial charge in [0, 0.05) is 12.8 Å². The maximum atomic E-state index is 11.0. The Bertz CT molecular complexity index is 215. The Morgan fingerprint density at radius 2 is 1.87 bits per heavy atom. The lowest BCUT2D eigenvalue weighted by Crippen LogP contribution is -2.06. The predicted octanol–water partition coefficient (Wildman–Crippen LogP) is 4.27. The van der Waals surface area contributed by atoms with Crippen LogP contribution in [0.1, 0.15) is 65.2 Å². The Morgan fingerprint density at radius 1 is 1.20 bits per heavy atom. The predicted molar refractivity (Wildman–Crippen MR) is 64.9 cm³/mol. The molecule has 1 aliphatic rings. The Hall–Kier alpha value is -0.590. The Balaban J connectivity index is 2.17. The van der Waals surface area contributed by atoms with E-state index in [9.17, 15) is 4.79 Å². The highest BCUT2D eigenvalue weighted by Crippen LogP contribution is 2.22. The van der Waals surface area contributed by atoms with Gasteiger partial charge in [-0.25, -0.2) is 0 Å². The Labute approximate surface area is 93.9 Å². The standard InChI is InChI=1S/C14H24O/c1-3-5-12(2)6-4-7-13-8-10-14(15)11-9-13/h7,12H,3-6,8-11H2,1-2H3. The fraction of sp³-hybridized carbons (Fsp3) is 0.786. The van der Waals surface area contributed by atoms with Gasteiger partial charge in [0.15, 0.2) is 0 Å². The molecule has 1 heteroatoms. The van der Waals surface area contributed by atoms with Crippen molar-refractivity contribution in [2.24, 2.45) is 5.92 Å². The molecule has 1 unspecified atom stereocenters. The third kappa shape index (κ3) is 5.15. The van der Waals surface area contributed by atoms with E-state index in [1.54, 1.807) is 0 Å². The van der Waals surface area contributed by atoms with Crippen LogP contribution in [0.25, 0.3) is 0 Å². The van der Waals surface area contributed by atoms with Gasteiger partial charge in [0.2, 0.25) is 0 Å². The molecule has 1 saturated carbocycles. The summed E-state index contributed by atoms with van der Waals surface area (Å²) in [5, 5.41) is 0. The van der Waals surface area contributed by atoms with Crippen molar-refractivity contribution in [2.75, 3.05) is 0 Å². The van der Waals surface area contributed by atoms with E-state index in [0.717, 1.165) is 31.6 Å². The summed E-state index contributed by atoms with van der Waals surface area (Å²) in [5.41, 5.74) is 1.53. The molecule has 15 heavy (non-hydrogen) atoms. The molecule has 86 valence electrons. The van der Waals surface area contributed by atoms with Crippen LogP contribution in [0.15, 0.2) is 11.6 Å². The minimum absolute atomic E-state index is 0.450. The van der Waals surface area contributed by atoms with E-state index in [1.165, 1.54) is 31.3 Å². The normalized spacial score (nSPS) is 19.1. The smallest absolute Gasteiger partial charge is 0.133 e. The molecule has 1 nitrogen and oxygen atoms in total. The molecule has 0 aromatic rings. The summed E-state index contributed by atoms with van der Waals surface area (Å²) in [6, 6.07) is 0. The SMILES string of the molecule is CCCC(C)CCC=C1CCC(=O)CC1. The van der Waals surface area contributed by atoms with E-state index in [0.29, 0.717) is 5.78 Å². The number of ketones is 1. The van der Waals surface area contributed by atoms with Gasteiger partial charge in [-0.15, -0.1) is 0 Å². The lowest BCUT2D eigenvalue weighted by atomic mass is 9.92. The number of rotatable bonds is 5. The third-order valence-corrected chi connectivity index (χ3v) is 3.32. The first kappa shape index (κ1) is 12.5. The molecule has 0 saturated heterocycles. The van der Waals surface area contributed by atoms with Crippen LogP contribution < -0.4 is 0 Å². The van der Waals surface area contributed by atoms with Crippen molar-refractivity contribution in [1.82, 2.24) is 0 Å². The zero-order chi connectivity index (χ0) is 11.1. The van der Waals surface area contributed by atoms with Crippen molar-refractivity contribution in [3.63, 3.8) is 0 Å². The summed E-state index contributed by atoms with van der Waals surface area (Å²) < 4.78 is 0. The van der Waals surface area contributed by atoms with Crippen LogP contribution in [0.5, 0.6) is 0 Å². The molecule has 0 aromatic heterocycles. The number of carbonyl (C=O) groups is 1. The van der Waals surface area contributed by atoms with Gasteiger partial charge < -0.3 is 0 Å². The summed E-state index contributed by atoms with van der Waals surface area (Å²) in [6.45, 7) is 4.59. The highest BCUT2D eigenvalue weighted by Gasteiger charge is 2.11. The summed E-state index contributed by atoms with van der Waals surface area (Å²) in [6.07, 6.45) is 11.2. The largest absolute Gasteiger partial charge is 0.300 e. The molecule has 0 heterocycles. The van der Waals surface area contributed by atoms with Crippen LogP contribution in [-0.2, 0) is 4.79 Å². The molecule has 0 radical (unpaired) electrons. The average Bonchev–Trinajstić information content (AvgIpc) is 2.21. The van der Waals surface area contributed by atoms with Gasteiger partial charge in [-0.1, -0.05) is 38.3 Å². The number of carbonyl (C=O) groups excluding carboxylic acids is 1. The quantitative estimate of drug-likeness (QED) is 0.616. The number of hydrogen-bond acceptors (Lipinski definition) is 1. The fourth-order valence-electron chi connectivity index (χ4n) is 2.26. The minimum atomic E-state index is 0.450. The molecule has 1 aliphatic carbocycles. The van der Waals surface area contributed by atoms with Crippen LogP contribution in [0.4, 0.5) is 0 Å². The second-order valence-corrected chi connectivity index (χ2v) is 4.87. The molecular formula is C14H24O. The molecule has 0 bridgehead atoms. The Kier molecular flexibility index (Phi) is 5.67. The van der Waals surface area contributed by atoms with E-state index in [2.05, 4.69) is 19.9 Å². The topological polar surface area (TPSA) is 17.1 Å². The van der Waals surface area contributed by atoms with E-state index < -0.39 is 0 Å². The number of hydrogen-bond donors (Lipinski definition) is 0. The Morgan fingerprint density at radius 3 is 2.47 bits per heavy atom. The molecule has 0 aliphatic heterocycles. The van der Waals surface area contributed by atoms with E-state index in [1.807, 2.05) is 0 Å². The molecule has 0 N–H and O–H groups in total. The van der Waals surface area contributed by atoms with Crippen LogP contribution in [-0.4, -0.2) is 5.78 Å². The van der Waals surface area contributed by atoms with Crippen molar-refractivity contribution >= 4 is 5.78 Å². The lowest BCUT2D eigenvalue weighted by Gasteiger charge is -2.13. The van der Waals surface area contributed by atoms with Crippen molar-refractivity contribution in [2.45, 2.75) is 65.2 Å². The second kappa shape index (κ2) is 6.81. The summed E-state index contributed by atoms with van der Waals surface area (Å²) in [4.78, 5) is 11.0. The van der Waals surface area contributed by atoms with Crippen molar-refractivity contribution in [1.29, 1.82) is 0 Å². The fourth-order valence-corrected chi connectivity index (χ4v) is 2.26. The molecule has 0 aromatic carbocycles. The maximum absolute atomic E-state index is 11.0. The van der Waals surface area contributed by atoms with Gasteiger partial charge in [0.25, 0.3) is 0 Å². The van der Waals surface area contributed by atoms with Gasteiger partial charge in [-0.05, 0) is 31.6 Å². The van der Waals surface area contributed by atoms with E-state index in [-0.39, 0.29) is 0 Å². The van der Waals surface area contributed by atoms with Crippen molar-refractivity contribution < 1.29 is 4.79 Å². The second-order valence-electron chi connectivity index (χ2n) is 4.87. The molecular weight excluding hydrogens is 184 g/mol. The van der Waals surface area contributed by atoms with Crippen LogP contribution in [0, 0.1) is 5.92 Å². The molecule has 1 rings (SSSR count). The highest BCUT2D eigenvalue weighted by atomic mass is 16.1. The summed E-state index contributed by atoms with van der Waals surface area (Å²) in [7, 11) is 0. The van der Waals surface area contributed by atoms with Gasteiger partial charge in [0.1, 0.15) is 5.78 Å². The number of allylic oxidation sites excluding steroid dienone is 2. The first-order valence-electron chi connectivity index (χ1n) is 6.42. The van der Waals surface area contributed by atoms with E-state index >= 15 is 0 Å². The van der Waals surface area contributed by atoms with Gasteiger partial charge in [-0.3, -0.25) is 4.79 Å². The molecule has 1 atom stereocenters. The van der Waals surface area contributed by atoms with Gasteiger partial charge in [-0.2, -0.15) is 0 Å².